The summed E-state index contributed by atoms with van der Waals surface area (Å²) in [4.78, 5) is 0. The van der Waals surface area contributed by atoms with Crippen LogP contribution in [-0.4, -0.2) is 38.5 Å². The van der Waals surface area contributed by atoms with Gasteiger partial charge in [-0.3, -0.25) is 0 Å². The zero-order valence-corrected chi connectivity index (χ0v) is 7.40. The van der Waals surface area contributed by atoms with Crippen molar-refractivity contribution in [3.63, 3.8) is 0 Å². The van der Waals surface area contributed by atoms with Crippen LogP contribution in [0.15, 0.2) is 0 Å². The zero-order valence-electron chi connectivity index (χ0n) is 6.58. The van der Waals surface area contributed by atoms with Crippen LogP contribution in [0.5, 0.6) is 0 Å². The number of rotatable bonds is 4. The molecule has 0 unspecified atom stereocenters. The lowest BCUT2D eigenvalue weighted by atomic mass is 10.5. The summed E-state index contributed by atoms with van der Waals surface area (Å²) in [6, 6.07) is 0. The van der Waals surface area contributed by atoms with E-state index in [-0.39, 0.29) is 10.8 Å². The number of alkyl halides is 3. The Bertz CT molecular complexity index is 250. The van der Waals surface area contributed by atoms with Crippen molar-refractivity contribution in [2.24, 2.45) is 10.9 Å². The smallest absolute Gasteiger partial charge is 0.329 e. The van der Waals surface area contributed by atoms with Crippen LogP contribution in [0.1, 0.15) is 0 Å². The van der Waals surface area contributed by atoms with Gasteiger partial charge in [0.05, 0.1) is 0 Å². The van der Waals surface area contributed by atoms with Crippen molar-refractivity contribution < 1.29 is 21.6 Å². The van der Waals surface area contributed by atoms with Gasteiger partial charge in [0.1, 0.15) is 6.54 Å². The average molecular weight is 221 g/mol. The Morgan fingerprint density at radius 3 is 2.00 bits per heavy atom. The summed E-state index contributed by atoms with van der Waals surface area (Å²) >= 11 is 0. The second-order valence-corrected chi connectivity index (χ2v) is 3.83. The first-order valence-corrected chi connectivity index (χ1v) is 4.72. The molecule has 0 spiro atoms. The minimum absolute atomic E-state index is 0.0764. The molecule has 0 aliphatic carbocycles. The molecule has 0 bridgehead atoms. The van der Waals surface area contributed by atoms with Crippen LogP contribution in [0.25, 0.3) is 0 Å². The molecule has 13 heavy (non-hydrogen) atoms. The number of hydrogen-bond donors (Lipinski definition) is 2. The summed E-state index contributed by atoms with van der Waals surface area (Å²) in [7, 11) is -4.33. The molecule has 4 N–H and O–H groups in total. The first-order valence-electron chi connectivity index (χ1n) is 3.21. The third-order valence-corrected chi connectivity index (χ3v) is 2.13. The van der Waals surface area contributed by atoms with E-state index in [0.29, 0.717) is 0 Å². The number of hydrogen-bond acceptors (Lipinski definition) is 3. The highest BCUT2D eigenvalue weighted by Crippen LogP contribution is 2.16. The molecular weight excluding hydrogens is 211 g/mol. The van der Waals surface area contributed by atoms with E-state index in [1.165, 1.54) is 0 Å². The van der Waals surface area contributed by atoms with Gasteiger partial charge in [-0.1, -0.05) is 0 Å². The molecule has 0 atom stereocenters. The molecule has 0 aromatic heterocycles. The second-order valence-electron chi connectivity index (χ2n) is 2.28. The van der Waals surface area contributed by atoms with Crippen LogP contribution in [-0.2, 0) is 10.2 Å². The highest BCUT2D eigenvalue weighted by Gasteiger charge is 2.34. The SMILES string of the molecule is NCCN(CC(F)(F)F)S(N)(=O)=O. The number of nitrogens with two attached hydrogens (primary N) is 2. The zero-order chi connectivity index (χ0) is 10.7. The second kappa shape index (κ2) is 4.22. The van der Waals surface area contributed by atoms with Crippen molar-refractivity contribution in [1.82, 2.24) is 4.31 Å². The van der Waals surface area contributed by atoms with Gasteiger partial charge in [-0.15, -0.1) is 0 Å². The van der Waals surface area contributed by atoms with Gasteiger partial charge in [-0.25, -0.2) is 5.14 Å². The number of halogens is 3. The fourth-order valence-corrected chi connectivity index (χ4v) is 1.33. The number of nitrogens with zero attached hydrogens (tertiary/aromatic N) is 1. The Morgan fingerprint density at radius 1 is 1.31 bits per heavy atom. The third kappa shape index (κ3) is 5.80. The predicted octanol–water partition coefficient (Wildman–Crippen LogP) is -0.987. The molecule has 0 fully saturated rings. The largest absolute Gasteiger partial charge is 0.402 e. The molecular formula is C4H10F3N3O2S. The van der Waals surface area contributed by atoms with Gasteiger partial charge in [0.15, 0.2) is 0 Å². The lowest BCUT2D eigenvalue weighted by Gasteiger charge is -2.19. The quantitative estimate of drug-likeness (QED) is 0.639. The van der Waals surface area contributed by atoms with E-state index in [1.807, 2.05) is 0 Å². The Hall–Kier alpha value is -0.380. The Balaban J connectivity index is 4.46. The summed E-state index contributed by atoms with van der Waals surface area (Å²) in [6.07, 6.45) is -4.61. The summed E-state index contributed by atoms with van der Waals surface area (Å²) in [6.45, 7) is -2.27. The molecule has 0 heterocycles. The van der Waals surface area contributed by atoms with Crippen LogP contribution in [0, 0.1) is 0 Å². The van der Waals surface area contributed by atoms with E-state index in [4.69, 9.17) is 5.73 Å². The van der Waals surface area contributed by atoms with Gasteiger partial charge in [0.2, 0.25) is 0 Å². The standard InChI is InChI=1S/C4H10F3N3O2S/c5-4(6,7)3-10(2-1-8)13(9,11)12/h1-3,8H2,(H2,9,11,12). The van der Waals surface area contributed by atoms with Crippen molar-refractivity contribution in [3.8, 4) is 0 Å². The van der Waals surface area contributed by atoms with Gasteiger partial charge in [0.25, 0.3) is 10.2 Å². The fraction of sp³-hybridized carbons (Fsp3) is 1.00. The maximum absolute atomic E-state index is 11.8. The van der Waals surface area contributed by atoms with E-state index in [9.17, 15) is 21.6 Å². The molecule has 0 saturated carbocycles. The lowest BCUT2D eigenvalue weighted by Crippen LogP contribution is -2.44. The Morgan fingerprint density at radius 2 is 1.77 bits per heavy atom. The Kier molecular flexibility index (Phi) is 4.10. The molecule has 0 aromatic carbocycles. The topological polar surface area (TPSA) is 89.4 Å². The molecule has 0 radical (unpaired) electrons. The fourth-order valence-electron chi connectivity index (χ4n) is 0.640. The minimum Gasteiger partial charge on any atom is -0.329 e. The molecule has 5 nitrogen and oxygen atoms in total. The van der Waals surface area contributed by atoms with Crippen LogP contribution in [0.4, 0.5) is 13.2 Å². The van der Waals surface area contributed by atoms with Crippen molar-refractivity contribution in [2.45, 2.75) is 6.18 Å². The van der Waals surface area contributed by atoms with Gasteiger partial charge < -0.3 is 5.73 Å². The van der Waals surface area contributed by atoms with Crippen molar-refractivity contribution in [2.75, 3.05) is 19.6 Å². The third-order valence-electron chi connectivity index (χ3n) is 1.09. The monoisotopic (exact) mass is 221 g/mol. The minimum atomic E-state index is -4.61. The van der Waals surface area contributed by atoms with E-state index in [2.05, 4.69) is 5.14 Å². The molecule has 0 amide bonds. The van der Waals surface area contributed by atoms with Crippen LogP contribution >= 0.6 is 0 Å². The van der Waals surface area contributed by atoms with Gasteiger partial charge in [-0.05, 0) is 0 Å². The van der Waals surface area contributed by atoms with Crippen molar-refractivity contribution >= 4 is 10.2 Å². The molecule has 80 valence electrons. The van der Waals surface area contributed by atoms with Crippen LogP contribution in [0.3, 0.4) is 0 Å². The van der Waals surface area contributed by atoms with Crippen LogP contribution in [0.2, 0.25) is 0 Å². The molecule has 0 aromatic rings. The molecule has 0 aliphatic rings. The normalized spacial score (nSPS) is 13.7. The van der Waals surface area contributed by atoms with E-state index in [1.54, 1.807) is 0 Å². The highest BCUT2D eigenvalue weighted by molar-refractivity contribution is 7.86. The highest BCUT2D eigenvalue weighted by atomic mass is 32.2. The first kappa shape index (κ1) is 12.6. The van der Waals surface area contributed by atoms with E-state index < -0.39 is 29.5 Å². The lowest BCUT2D eigenvalue weighted by molar-refractivity contribution is -0.136. The first-order chi connectivity index (χ1) is 5.67. The summed E-state index contributed by atoms with van der Waals surface area (Å²) in [5.41, 5.74) is 4.92. The van der Waals surface area contributed by atoms with Crippen molar-refractivity contribution in [1.29, 1.82) is 0 Å². The van der Waals surface area contributed by atoms with Gasteiger partial charge in [-0.2, -0.15) is 25.9 Å². The molecule has 0 aliphatic heterocycles. The summed E-state index contributed by atoms with van der Waals surface area (Å²) in [5.74, 6) is 0. The van der Waals surface area contributed by atoms with Crippen LogP contribution < -0.4 is 10.9 Å². The van der Waals surface area contributed by atoms with Crippen molar-refractivity contribution in [3.05, 3.63) is 0 Å². The van der Waals surface area contributed by atoms with E-state index in [0.717, 1.165) is 0 Å². The molecule has 9 heteroatoms. The Labute approximate surface area is 73.7 Å². The average Bonchev–Trinajstić information content (AvgIpc) is 1.81. The predicted molar refractivity (Wildman–Crippen MR) is 39.8 cm³/mol. The molecule has 0 rings (SSSR count). The maximum Gasteiger partial charge on any atom is 0.402 e. The van der Waals surface area contributed by atoms with E-state index >= 15 is 0 Å². The summed E-state index contributed by atoms with van der Waals surface area (Å²) < 4.78 is 56.4. The summed E-state index contributed by atoms with van der Waals surface area (Å²) in [5, 5.41) is 4.52. The van der Waals surface area contributed by atoms with Gasteiger partial charge in [0, 0.05) is 13.1 Å². The van der Waals surface area contributed by atoms with Gasteiger partial charge >= 0.3 is 6.18 Å². The maximum atomic E-state index is 11.8. The molecule has 0 saturated heterocycles.